The third kappa shape index (κ3) is 3.86. The molecular weight excluding hydrogens is 419 g/mol. The van der Waals surface area contributed by atoms with Gasteiger partial charge in [0, 0.05) is 24.0 Å². The fourth-order valence-corrected chi connectivity index (χ4v) is 4.45. The minimum absolute atomic E-state index is 0.00795. The van der Waals surface area contributed by atoms with Gasteiger partial charge >= 0.3 is 5.97 Å². The predicted molar refractivity (Wildman–Crippen MR) is 125 cm³/mol. The van der Waals surface area contributed by atoms with E-state index >= 15 is 0 Å². The maximum absolute atomic E-state index is 13.4. The van der Waals surface area contributed by atoms with Gasteiger partial charge in [0.1, 0.15) is 11.6 Å². The van der Waals surface area contributed by atoms with Crippen LogP contribution in [0.1, 0.15) is 46.0 Å². The molecule has 166 valence electrons. The van der Waals surface area contributed by atoms with Crippen molar-refractivity contribution in [3.8, 4) is 16.9 Å². The third-order valence-corrected chi connectivity index (χ3v) is 5.95. The number of benzene rings is 2. The summed E-state index contributed by atoms with van der Waals surface area (Å²) < 4.78 is 17.4. The number of nitrogens with zero attached hydrogens (tertiary/aromatic N) is 4. The number of aryl methyl sites for hydroxylation is 2. The van der Waals surface area contributed by atoms with Crippen molar-refractivity contribution in [2.75, 3.05) is 0 Å². The Kier molecular flexibility index (Phi) is 5.17. The molecule has 0 fully saturated rings. The van der Waals surface area contributed by atoms with Gasteiger partial charge in [-0.25, -0.2) is 19.2 Å². The van der Waals surface area contributed by atoms with Crippen molar-refractivity contribution in [3.63, 3.8) is 0 Å². The Balaban J connectivity index is 1.57. The van der Waals surface area contributed by atoms with Crippen LogP contribution in [0, 0.1) is 19.7 Å². The Hall–Kier alpha value is -4.00. The van der Waals surface area contributed by atoms with E-state index in [4.69, 9.17) is 0 Å². The van der Waals surface area contributed by atoms with Gasteiger partial charge in [-0.3, -0.25) is 0 Å². The zero-order valence-corrected chi connectivity index (χ0v) is 18.4. The Bertz CT molecular complexity index is 1400. The van der Waals surface area contributed by atoms with E-state index in [0.29, 0.717) is 23.6 Å². The summed E-state index contributed by atoms with van der Waals surface area (Å²) in [7, 11) is 0. The lowest BCUT2D eigenvalue weighted by Gasteiger charge is -2.19. The molecule has 3 heterocycles. The average molecular weight is 442 g/mol. The number of aromatic nitrogens is 4. The molecule has 4 aromatic rings. The highest BCUT2D eigenvalue weighted by molar-refractivity contribution is 5.95. The molecule has 2 aromatic carbocycles. The zero-order valence-electron chi connectivity index (χ0n) is 18.4. The molecule has 0 aliphatic carbocycles. The molecule has 0 bridgehead atoms. The molecule has 33 heavy (non-hydrogen) atoms. The second-order valence-electron chi connectivity index (χ2n) is 8.34. The van der Waals surface area contributed by atoms with Crippen molar-refractivity contribution in [1.29, 1.82) is 0 Å². The summed E-state index contributed by atoms with van der Waals surface area (Å²) in [5.41, 5.74) is 6.30. The van der Waals surface area contributed by atoms with Crippen LogP contribution in [0.25, 0.3) is 28.6 Å². The van der Waals surface area contributed by atoms with Gasteiger partial charge in [0.05, 0.1) is 17.7 Å². The van der Waals surface area contributed by atoms with E-state index in [1.54, 1.807) is 18.5 Å². The van der Waals surface area contributed by atoms with Crippen molar-refractivity contribution < 1.29 is 14.3 Å². The van der Waals surface area contributed by atoms with Gasteiger partial charge in [-0.15, -0.1) is 0 Å². The molecule has 1 aliphatic rings. The lowest BCUT2D eigenvalue weighted by atomic mass is 10.0. The van der Waals surface area contributed by atoms with Gasteiger partial charge in [-0.05, 0) is 85.9 Å². The Labute approximate surface area is 190 Å². The summed E-state index contributed by atoms with van der Waals surface area (Å²) in [6, 6.07) is 12.1. The molecule has 0 amide bonds. The van der Waals surface area contributed by atoms with Crippen molar-refractivity contribution in [2.45, 2.75) is 33.2 Å². The Morgan fingerprint density at radius 2 is 1.94 bits per heavy atom. The summed E-state index contributed by atoms with van der Waals surface area (Å²) in [5, 5.41) is 9.81. The van der Waals surface area contributed by atoms with E-state index in [9.17, 15) is 14.3 Å². The molecule has 0 atom stereocenters. The number of aromatic carboxylic acids is 1. The number of allylic oxidation sites excluding steroid dienone is 1. The largest absolute Gasteiger partial charge is 0.476 e. The smallest absolute Gasteiger partial charge is 0.356 e. The van der Waals surface area contributed by atoms with Crippen LogP contribution >= 0.6 is 0 Å². The van der Waals surface area contributed by atoms with Crippen molar-refractivity contribution >= 4 is 17.6 Å². The summed E-state index contributed by atoms with van der Waals surface area (Å²) in [6.45, 7) is 4.68. The quantitative estimate of drug-likeness (QED) is 0.451. The van der Waals surface area contributed by atoms with Crippen LogP contribution in [0.2, 0.25) is 0 Å². The van der Waals surface area contributed by atoms with Gasteiger partial charge in [0.15, 0.2) is 5.69 Å². The van der Waals surface area contributed by atoms with Crippen molar-refractivity contribution in [1.82, 2.24) is 19.1 Å². The average Bonchev–Trinajstić information content (AvgIpc) is 3.39. The van der Waals surface area contributed by atoms with E-state index in [1.807, 2.05) is 28.3 Å². The molecule has 0 saturated carbocycles. The Morgan fingerprint density at radius 3 is 2.61 bits per heavy atom. The number of hydrogen-bond donors (Lipinski definition) is 1. The fraction of sp³-hybridized carbons (Fsp3) is 0.192. The topological polar surface area (TPSA) is 72.9 Å². The summed E-state index contributed by atoms with van der Waals surface area (Å²) >= 11 is 0. The van der Waals surface area contributed by atoms with Crippen molar-refractivity contribution in [3.05, 3.63) is 89.1 Å². The molecule has 0 unspecified atom stereocenters. The van der Waals surface area contributed by atoms with Crippen LogP contribution in [0.15, 0.2) is 55.0 Å². The van der Waals surface area contributed by atoms with Crippen LogP contribution in [0.3, 0.4) is 0 Å². The number of carboxylic acid groups (broad SMARTS) is 1. The molecule has 0 radical (unpaired) electrons. The van der Waals surface area contributed by atoms with Gasteiger partial charge in [0.2, 0.25) is 0 Å². The molecule has 1 N–H and O–H groups in total. The zero-order chi connectivity index (χ0) is 23.1. The lowest BCUT2D eigenvalue weighted by molar-refractivity contribution is 0.0692. The number of rotatable bonds is 4. The first-order chi connectivity index (χ1) is 15.9. The van der Waals surface area contributed by atoms with Crippen LogP contribution in [0.5, 0.6) is 0 Å². The normalized spacial score (nSPS) is 14.5. The molecule has 0 spiro atoms. The van der Waals surface area contributed by atoms with E-state index in [-0.39, 0.29) is 11.5 Å². The number of imidazole rings is 2. The number of fused-ring (bicyclic) bond motifs is 1. The van der Waals surface area contributed by atoms with Crippen molar-refractivity contribution in [2.24, 2.45) is 0 Å². The van der Waals surface area contributed by atoms with Crippen LogP contribution in [-0.4, -0.2) is 30.2 Å². The molecule has 2 aromatic heterocycles. The highest BCUT2D eigenvalue weighted by Gasteiger charge is 2.27. The van der Waals surface area contributed by atoms with Crippen LogP contribution in [-0.2, 0) is 6.54 Å². The first-order valence-corrected chi connectivity index (χ1v) is 10.8. The SMILES string of the molecule is Cc1cn(-c2ccc(/C=C3\CCCn4c3nc(C(=O)O)c4-c3ccc(F)cc3)cc2C)cn1. The molecular formula is C26H23FN4O2. The maximum Gasteiger partial charge on any atom is 0.356 e. The van der Waals surface area contributed by atoms with Gasteiger partial charge in [0.25, 0.3) is 0 Å². The van der Waals surface area contributed by atoms with Gasteiger partial charge in [-0.2, -0.15) is 0 Å². The maximum atomic E-state index is 13.4. The van der Waals surface area contributed by atoms with E-state index in [2.05, 4.69) is 35.1 Å². The number of hydrogen-bond acceptors (Lipinski definition) is 3. The minimum atomic E-state index is -1.09. The number of halogens is 1. The number of carboxylic acids is 1. The van der Waals surface area contributed by atoms with Gasteiger partial charge in [-0.1, -0.05) is 6.07 Å². The fourth-order valence-electron chi connectivity index (χ4n) is 4.45. The molecule has 1 aliphatic heterocycles. The second-order valence-corrected chi connectivity index (χ2v) is 8.34. The standard InChI is InChI=1S/C26H23FN4O2/c1-16-12-18(5-10-22(16)30-14-17(2)28-15-30)13-20-4-3-11-31-24(19-6-8-21(27)9-7-19)23(26(32)33)29-25(20)31/h5-10,12-15H,3-4,11H2,1-2H3,(H,32,33)/b20-13+. The predicted octanol–water partition coefficient (Wildman–Crippen LogP) is 5.52. The summed E-state index contributed by atoms with van der Waals surface area (Å²) in [6.07, 6.45) is 7.54. The first-order valence-electron chi connectivity index (χ1n) is 10.8. The first kappa shape index (κ1) is 20.9. The summed E-state index contributed by atoms with van der Waals surface area (Å²) in [4.78, 5) is 20.8. The molecule has 5 rings (SSSR count). The van der Waals surface area contributed by atoms with Gasteiger partial charge < -0.3 is 14.2 Å². The van der Waals surface area contributed by atoms with E-state index in [0.717, 1.165) is 40.9 Å². The number of carbonyl (C=O) groups is 1. The minimum Gasteiger partial charge on any atom is -0.476 e. The second kappa shape index (κ2) is 8.16. The van der Waals surface area contributed by atoms with Crippen LogP contribution in [0.4, 0.5) is 4.39 Å². The summed E-state index contributed by atoms with van der Waals surface area (Å²) in [5.74, 6) is -0.796. The third-order valence-electron chi connectivity index (χ3n) is 5.95. The molecule has 0 saturated heterocycles. The molecule has 7 heteroatoms. The monoisotopic (exact) mass is 442 g/mol. The highest BCUT2D eigenvalue weighted by Crippen LogP contribution is 2.35. The lowest BCUT2D eigenvalue weighted by Crippen LogP contribution is -2.11. The molecule has 6 nitrogen and oxygen atoms in total. The highest BCUT2D eigenvalue weighted by atomic mass is 19.1. The Morgan fingerprint density at radius 1 is 1.15 bits per heavy atom. The van der Waals surface area contributed by atoms with E-state index < -0.39 is 5.97 Å². The van der Waals surface area contributed by atoms with Crippen LogP contribution < -0.4 is 0 Å². The van der Waals surface area contributed by atoms with E-state index in [1.165, 1.54) is 12.1 Å².